The fraction of sp³-hybridized carbons (Fsp3) is 1.00. The predicted octanol–water partition coefficient (Wildman–Crippen LogP) is 7.76. The third-order valence-corrected chi connectivity index (χ3v) is 4.94. The van der Waals surface area contributed by atoms with Gasteiger partial charge in [0, 0.05) is 0 Å². The first kappa shape index (κ1) is 20.0. The molecule has 0 bridgehead atoms. The van der Waals surface area contributed by atoms with Gasteiger partial charge < -0.3 is 0 Å². The maximum absolute atomic E-state index is 2.46. The molecule has 0 aromatic rings. The highest BCUT2D eigenvalue weighted by Crippen LogP contribution is 2.23. The van der Waals surface area contributed by atoms with Gasteiger partial charge in [-0.3, -0.25) is 0 Å². The maximum atomic E-state index is 2.46. The van der Waals surface area contributed by atoms with Gasteiger partial charge in [0.05, 0.1) is 0 Å². The molecule has 0 aliphatic rings. The Labute approximate surface area is 130 Å². The molecule has 1 atom stereocenters. The minimum Gasteiger partial charge on any atom is -0.0654 e. The van der Waals surface area contributed by atoms with Gasteiger partial charge in [0.15, 0.2) is 0 Å². The molecule has 0 amide bonds. The number of hydrogen-bond donors (Lipinski definition) is 0. The smallest absolute Gasteiger partial charge is 0.0417 e. The Morgan fingerprint density at radius 3 is 1.50 bits per heavy atom. The van der Waals surface area contributed by atoms with E-state index in [2.05, 4.69) is 27.7 Å². The molecule has 0 aromatic heterocycles. The van der Waals surface area contributed by atoms with Crippen LogP contribution in [0.4, 0.5) is 0 Å². The van der Waals surface area contributed by atoms with Gasteiger partial charge in [-0.25, -0.2) is 0 Å². The van der Waals surface area contributed by atoms with Crippen LogP contribution in [0, 0.1) is 11.8 Å². The van der Waals surface area contributed by atoms with Crippen molar-refractivity contribution in [2.45, 2.75) is 118 Å². The molecule has 0 heteroatoms. The minimum atomic E-state index is 0.953. The van der Waals surface area contributed by atoms with Crippen LogP contribution in [0.1, 0.15) is 118 Å². The lowest BCUT2D eigenvalue weighted by molar-refractivity contribution is 0.347. The fourth-order valence-corrected chi connectivity index (χ4v) is 3.29. The van der Waals surface area contributed by atoms with Gasteiger partial charge in [-0.05, 0) is 18.3 Å². The third kappa shape index (κ3) is 13.0. The second-order valence-electron chi connectivity index (χ2n) is 6.99. The first-order valence-corrected chi connectivity index (χ1v) is 9.74. The van der Waals surface area contributed by atoms with Crippen molar-refractivity contribution in [3.05, 3.63) is 0 Å². The Morgan fingerprint density at radius 2 is 1.05 bits per heavy atom. The van der Waals surface area contributed by atoms with Crippen molar-refractivity contribution in [1.29, 1.82) is 0 Å². The molecular weight excluding hydrogens is 240 g/mol. The molecule has 122 valence electrons. The minimum absolute atomic E-state index is 0.953. The van der Waals surface area contributed by atoms with Crippen LogP contribution in [0.2, 0.25) is 0 Å². The Morgan fingerprint density at radius 1 is 0.600 bits per heavy atom. The van der Waals surface area contributed by atoms with Crippen molar-refractivity contribution in [3.8, 4) is 0 Å². The summed E-state index contributed by atoms with van der Waals surface area (Å²) in [4.78, 5) is 0. The van der Waals surface area contributed by atoms with Gasteiger partial charge in [0.1, 0.15) is 0 Å². The molecule has 0 saturated carbocycles. The second kappa shape index (κ2) is 15.4. The average Bonchev–Trinajstić information content (AvgIpc) is 2.46. The third-order valence-electron chi connectivity index (χ3n) is 4.94. The predicted molar refractivity (Wildman–Crippen MR) is 94.3 cm³/mol. The van der Waals surface area contributed by atoms with Crippen LogP contribution in [0.5, 0.6) is 0 Å². The fourth-order valence-electron chi connectivity index (χ4n) is 3.29. The van der Waals surface area contributed by atoms with Crippen molar-refractivity contribution in [2.75, 3.05) is 0 Å². The number of rotatable bonds is 15. The van der Waals surface area contributed by atoms with Crippen LogP contribution in [-0.4, -0.2) is 0 Å². The Bertz CT molecular complexity index is 169. The summed E-state index contributed by atoms with van der Waals surface area (Å²) >= 11 is 0. The molecule has 1 unspecified atom stereocenters. The maximum Gasteiger partial charge on any atom is -0.0417 e. The quantitative estimate of drug-likeness (QED) is 0.269. The van der Waals surface area contributed by atoms with E-state index in [0.29, 0.717) is 0 Å². The summed E-state index contributed by atoms with van der Waals surface area (Å²) in [6.45, 7) is 9.46. The Kier molecular flexibility index (Phi) is 15.4. The normalized spacial score (nSPS) is 13.1. The average molecular weight is 283 g/mol. The van der Waals surface area contributed by atoms with E-state index in [9.17, 15) is 0 Å². The first-order valence-electron chi connectivity index (χ1n) is 9.74. The van der Waals surface area contributed by atoms with E-state index < -0.39 is 0 Å². The molecule has 0 nitrogen and oxygen atoms in total. The molecule has 20 heavy (non-hydrogen) atoms. The Balaban J connectivity index is 3.22. The van der Waals surface area contributed by atoms with Gasteiger partial charge in [0.2, 0.25) is 0 Å². The summed E-state index contributed by atoms with van der Waals surface area (Å²) in [5.41, 5.74) is 0. The zero-order valence-electron chi connectivity index (χ0n) is 15.1. The monoisotopic (exact) mass is 282 g/mol. The molecule has 0 heterocycles. The molecule has 0 aliphatic heterocycles. The van der Waals surface area contributed by atoms with E-state index in [4.69, 9.17) is 0 Å². The summed E-state index contributed by atoms with van der Waals surface area (Å²) in [5.74, 6) is 1.93. The van der Waals surface area contributed by atoms with E-state index >= 15 is 0 Å². The molecule has 0 rings (SSSR count). The summed E-state index contributed by atoms with van der Waals surface area (Å²) < 4.78 is 0. The van der Waals surface area contributed by atoms with E-state index in [1.807, 2.05) is 0 Å². The number of hydrogen-bond acceptors (Lipinski definition) is 0. The topological polar surface area (TPSA) is 0 Å². The van der Waals surface area contributed by atoms with Crippen LogP contribution in [0.3, 0.4) is 0 Å². The van der Waals surface area contributed by atoms with E-state index in [-0.39, 0.29) is 0 Å². The zero-order valence-corrected chi connectivity index (χ0v) is 15.1. The van der Waals surface area contributed by atoms with Gasteiger partial charge in [-0.1, -0.05) is 111 Å². The molecule has 0 aromatic carbocycles. The standard InChI is InChI=1S/C20H42/c1-5-8-9-10-11-12-13-14-15-16-17-19(4)18-20(6-2)7-3/h19-20H,5-18H2,1-4H3. The van der Waals surface area contributed by atoms with Crippen molar-refractivity contribution in [1.82, 2.24) is 0 Å². The second-order valence-corrected chi connectivity index (χ2v) is 6.99. The van der Waals surface area contributed by atoms with Crippen molar-refractivity contribution in [2.24, 2.45) is 11.8 Å². The molecule has 0 radical (unpaired) electrons. The summed E-state index contributed by atoms with van der Waals surface area (Å²) in [6.07, 6.45) is 20.3. The van der Waals surface area contributed by atoms with Crippen LogP contribution >= 0.6 is 0 Å². The highest BCUT2D eigenvalue weighted by molar-refractivity contribution is 4.61. The Hall–Kier alpha value is 0. The first-order chi connectivity index (χ1) is 9.74. The van der Waals surface area contributed by atoms with E-state index in [0.717, 1.165) is 11.8 Å². The number of unbranched alkanes of at least 4 members (excludes halogenated alkanes) is 9. The molecule has 0 N–H and O–H groups in total. The highest BCUT2D eigenvalue weighted by atomic mass is 14.1. The summed E-state index contributed by atoms with van der Waals surface area (Å²) in [7, 11) is 0. The molecule has 0 saturated heterocycles. The van der Waals surface area contributed by atoms with Crippen LogP contribution in [0.15, 0.2) is 0 Å². The van der Waals surface area contributed by atoms with Crippen molar-refractivity contribution < 1.29 is 0 Å². The lowest BCUT2D eigenvalue weighted by Gasteiger charge is -2.18. The van der Waals surface area contributed by atoms with Gasteiger partial charge >= 0.3 is 0 Å². The lowest BCUT2D eigenvalue weighted by Crippen LogP contribution is -2.04. The van der Waals surface area contributed by atoms with E-state index in [1.54, 1.807) is 0 Å². The van der Waals surface area contributed by atoms with Gasteiger partial charge in [-0.15, -0.1) is 0 Å². The molecule has 0 aliphatic carbocycles. The van der Waals surface area contributed by atoms with Crippen molar-refractivity contribution >= 4 is 0 Å². The highest BCUT2D eigenvalue weighted by Gasteiger charge is 2.09. The summed E-state index contributed by atoms with van der Waals surface area (Å²) in [5, 5.41) is 0. The van der Waals surface area contributed by atoms with Crippen LogP contribution in [0.25, 0.3) is 0 Å². The SMILES string of the molecule is CCCCCCCCCCCCC(C)CC(CC)CC. The van der Waals surface area contributed by atoms with Gasteiger partial charge in [-0.2, -0.15) is 0 Å². The molecule has 0 spiro atoms. The van der Waals surface area contributed by atoms with E-state index in [1.165, 1.54) is 89.9 Å². The molecular formula is C20H42. The molecule has 0 fully saturated rings. The lowest BCUT2D eigenvalue weighted by atomic mass is 9.88. The van der Waals surface area contributed by atoms with Crippen LogP contribution in [-0.2, 0) is 0 Å². The van der Waals surface area contributed by atoms with Crippen molar-refractivity contribution in [3.63, 3.8) is 0 Å². The summed E-state index contributed by atoms with van der Waals surface area (Å²) in [6, 6.07) is 0. The van der Waals surface area contributed by atoms with Gasteiger partial charge in [0.25, 0.3) is 0 Å². The zero-order chi connectivity index (χ0) is 15.1. The van der Waals surface area contributed by atoms with Crippen LogP contribution < -0.4 is 0 Å². The largest absolute Gasteiger partial charge is 0.0654 e.